The molecule has 0 aliphatic carbocycles. The van der Waals surface area contributed by atoms with E-state index >= 15 is 0 Å². The van der Waals surface area contributed by atoms with Gasteiger partial charge in [0.15, 0.2) is 0 Å². The Morgan fingerprint density at radius 2 is 2.12 bits per heavy atom. The summed E-state index contributed by atoms with van der Waals surface area (Å²) < 4.78 is 2.60. The van der Waals surface area contributed by atoms with E-state index in [2.05, 4.69) is 27.7 Å². The van der Waals surface area contributed by atoms with E-state index in [0.717, 1.165) is 9.13 Å². The van der Waals surface area contributed by atoms with E-state index in [1.807, 2.05) is 24.3 Å². The standard InChI is InChI=1S/C11H10ClIN2O/c1-15-10(8(12)6-14-15)11(16)7-4-2-3-5-9(7)13/h2-6,11,16H,1H3. The quantitative estimate of drug-likeness (QED) is 0.848. The van der Waals surface area contributed by atoms with Crippen molar-refractivity contribution in [3.8, 4) is 0 Å². The van der Waals surface area contributed by atoms with Gasteiger partial charge in [-0.05, 0) is 34.2 Å². The van der Waals surface area contributed by atoms with Crippen molar-refractivity contribution in [3.63, 3.8) is 0 Å². The van der Waals surface area contributed by atoms with Gasteiger partial charge in [-0.25, -0.2) is 0 Å². The van der Waals surface area contributed by atoms with Crippen LogP contribution in [0.2, 0.25) is 5.02 Å². The van der Waals surface area contributed by atoms with Crippen LogP contribution in [0.4, 0.5) is 0 Å². The first-order valence-electron chi connectivity index (χ1n) is 4.71. The summed E-state index contributed by atoms with van der Waals surface area (Å²) in [6.07, 6.45) is 0.795. The highest BCUT2D eigenvalue weighted by molar-refractivity contribution is 14.1. The molecular formula is C11H10ClIN2O. The average Bonchev–Trinajstić information content (AvgIpc) is 2.58. The van der Waals surface area contributed by atoms with E-state index < -0.39 is 6.10 Å². The summed E-state index contributed by atoms with van der Waals surface area (Å²) in [5.74, 6) is 0. The maximum absolute atomic E-state index is 10.3. The second-order valence-corrected chi connectivity index (χ2v) is 4.99. The van der Waals surface area contributed by atoms with Crippen LogP contribution in [0.3, 0.4) is 0 Å². The molecule has 0 bridgehead atoms. The summed E-state index contributed by atoms with van der Waals surface area (Å²) in [7, 11) is 1.76. The van der Waals surface area contributed by atoms with Gasteiger partial charge in [-0.1, -0.05) is 29.8 Å². The molecule has 0 saturated carbocycles. The normalized spacial score (nSPS) is 12.8. The highest BCUT2D eigenvalue weighted by atomic mass is 127. The molecule has 0 spiro atoms. The Morgan fingerprint density at radius 3 is 2.69 bits per heavy atom. The summed E-state index contributed by atoms with van der Waals surface area (Å²) in [6.45, 7) is 0. The van der Waals surface area contributed by atoms with Gasteiger partial charge in [-0.3, -0.25) is 4.68 Å². The first-order valence-corrected chi connectivity index (χ1v) is 6.17. The molecule has 16 heavy (non-hydrogen) atoms. The van der Waals surface area contributed by atoms with Crippen LogP contribution in [0.15, 0.2) is 30.5 Å². The Hall–Kier alpha value is -0.590. The SMILES string of the molecule is Cn1ncc(Cl)c1C(O)c1ccccc1I. The maximum atomic E-state index is 10.3. The van der Waals surface area contributed by atoms with Crippen molar-refractivity contribution < 1.29 is 5.11 Å². The van der Waals surface area contributed by atoms with E-state index in [4.69, 9.17) is 11.6 Å². The molecule has 0 aliphatic rings. The number of hydrogen-bond donors (Lipinski definition) is 1. The van der Waals surface area contributed by atoms with Gasteiger partial charge >= 0.3 is 0 Å². The number of aryl methyl sites for hydroxylation is 1. The average molecular weight is 349 g/mol. The van der Waals surface area contributed by atoms with Gasteiger partial charge in [-0.15, -0.1) is 0 Å². The van der Waals surface area contributed by atoms with Gasteiger partial charge in [0.1, 0.15) is 6.10 Å². The number of nitrogens with zero attached hydrogens (tertiary/aromatic N) is 2. The lowest BCUT2D eigenvalue weighted by Crippen LogP contribution is -2.08. The number of benzene rings is 1. The van der Waals surface area contributed by atoms with Crippen molar-refractivity contribution in [1.29, 1.82) is 0 Å². The highest BCUT2D eigenvalue weighted by Crippen LogP contribution is 2.29. The van der Waals surface area contributed by atoms with Crippen LogP contribution in [0.25, 0.3) is 0 Å². The number of hydrogen-bond acceptors (Lipinski definition) is 2. The Balaban J connectivity index is 2.47. The number of halogens is 2. The van der Waals surface area contributed by atoms with Gasteiger partial charge in [0, 0.05) is 10.6 Å². The minimum atomic E-state index is -0.743. The molecule has 1 heterocycles. The van der Waals surface area contributed by atoms with Crippen molar-refractivity contribution in [2.45, 2.75) is 6.10 Å². The molecule has 2 rings (SSSR count). The molecule has 1 aromatic carbocycles. The number of aliphatic hydroxyl groups is 1. The van der Waals surface area contributed by atoms with E-state index in [1.54, 1.807) is 11.7 Å². The molecule has 0 aliphatic heterocycles. The minimum Gasteiger partial charge on any atom is -0.382 e. The molecule has 1 atom stereocenters. The zero-order valence-electron chi connectivity index (χ0n) is 8.56. The van der Waals surface area contributed by atoms with Crippen LogP contribution in [0.5, 0.6) is 0 Å². The largest absolute Gasteiger partial charge is 0.382 e. The van der Waals surface area contributed by atoms with Crippen LogP contribution in [-0.2, 0) is 7.05 Å². The smallest absolute Gasteiger partial charge is 0.123 e. The maximum Gasteiger partial charge on any atom is 0.123 e. The molecule has 5 heteroatoms. The molecule has 1 N–H and O–H groups in total. The first-order chi connectivity index (χ1) is 7.61. The molecular weight excluding hydrogens is 338 g/mol. The molecule has 0 amide bonds. The van der Waals surface area contributed by atoms with Gasteiger partial charge < -0.3 is 5.11 Å². The molecule has 84 valence electrons. The molecule has 1 unspecified atom stereocenters. The van der Waals surface area contributed by atoms with Crippen LogP contribution in [-0.4, -0.2) is 14.9 Å². The fourth-order valence-corrected chi connectivity index (χ4v) is 2.52. The lowest BCUT2D eigenvalue weighted by molar-refractivity contribution is 0.209. The molecule has 3 nitrogen and oxygen atoms in total. The van der Waals surface area contributed by atoms with Crippen LogP contribution in [0, 0.1) is 3.57 Å². The van der Waals surface area contributed by atoms with Crippen molar-refractivity contribution in [3.05, 3.63) is 50.3 Å². The highest BCUT2D eigenvalue weighted by Gasteiger charge is 2.19. The first kappa shape index (κ1) is 11.9. The molecule has 0 saturated heterocycles. The number of rotatable bonds is 2. The summed E-state index contributed by atoms with van der Waals surface area (Å²) >= 11 is 8.19. The van der Waals surface area contributed by atoms with E-state index in [9.17, 15) is 5.11 Å². The Bertz CT molecular complexity index is 493. The summed E-state index contributed by atoms with van der Waals surface area (Å²) in [6, 6.07) is 7.66. The molecule has 0 radical (unpaired) electrons. The van der Waals surface area contributed by atoms with Crippen molar-refractivity contribution in [2.75, 3.05) is 0 Å². The molecule has 0 fully saturated rings. The number of aliphatic hydroxyl groups excluding tert-OH is 1. The third-order valence-electron chi connectivity index (χ3n) is 2.40. The monoisotopic (exact) mass is 348 g/mol. The third kappa shape index (κ3) is 2.09. The van der Waals surface area contributed by atoms with Crippen LogP contribution >= 0.6 is 34.2 Å². The Labute approximate surface area is 112 Å². The molecule has 2 aromatic rings. The van der Waals surface area contributed by atoms with Gasteiger partial charge in [0.25, 0.3) is 0 Å². The van der Waals surface area contributed by atoms with Gasteiger partial charge in [0.2, 0.25) is 0 Å². The fraction of sp³-hybridized carbons (Fsp3) is 0.182. The summed E-state index contributed by atoms with van der Waals surface area (Å²) in [5, 5.41) is 14.8. The topological polar surface area (TPSA) is 38.0 Å². The second-order valence-electron chi connectivity index (χ2n) is 3.43. The lowest BCUT2D eigenvalue weighted by Gasteiger charge is -2.13. The van der Waals surface area contributed by atoms with Gasteiger partial charge in [-0.2, -0.15) is 5.10 Å². The Kier molecular flexibility index (Phi) is 3.51. The van der Waals surface area contributed by atoms with Gasteiger partial charge in [0.05, 0.1) is 16.9 Å². The van der Waals surface area contributed by atoms with Crippen molar-refractivity contribution >= 4 is 34.2 Å². The second kappa shape index (κ2) is 4.73. The minimum absolute atomic E-state index is 0.481. The van der Waals surface area contributed by atoms with Crippen LogP contribution < -0.4 is 0 Å². The fourth-order valence-electron chi connectivity index (χ4n) is 1.57. The van der Waals surface area contributed by atoms with Crippen LogP contribution in [0.1, 0.15) is 17.4 Å². The Morgan fingerprint density at radius 1 is 1.44 bits per heavy atom. The zero-order valence-corrected chi connectivity index (χ0v) is 11.5. The zero-order chi connectivity index (χ0) is 11.7. The third-order valence-corrected chi connectivity index (χ3v) is 3.67. The predicted octanol–water partition coefficient (Wildman–Crippen LogP) is 2.76. The van der Waals surface area contributed by atoms with E-state index in [-0.39, 0.29) is 0 Å². The predicted molar refractivity (Wildman–Crippen MR) is 71.4 cm³/mol. The number of aromatic nitrogens is 2. The van der Waals surface area contributed by atoms with Crippen molar-refractivity contribution in [1.82, 2.24) is 9.78 Å². The van der Waals surface area contributed by atoms with E-state index in [1.165, 1.54) is 6.20 Å². The summed E-state index contributed by atoms with van der Waals surface area (Å²) in [4.78, 5) is 0. The van der Waals surface area contributed by atoms with E-state index in [0.29, 0.717) is 10.7 Å². The van der Waals surface area contributed by atoms with Crippen molar-refractivity contribution in [2.24, 2.45) is 7.05 Å². The molecule has 1 aromatic heterocycles. The lowest BCUT2D eigenvalue weighted by atomic mass is 10.1. The summed E-state index contributed by atoms with van der Waals surface area (Å²) in [5.41, 5.74) is 1.46.